The number of nitrogens with one attached hydrogen (secondary N) is 1. The summed E-state index contributed by atoms with van der Waals surface area (Å²) in [4.78, 5) is 6.44. The van der Waals surface area contributed by atoms with Crippen molar-refractivity contribution in [2.24, 2.45) is 0 Å². The Morgan fingerprint density at radius 1 is 1.17 bits per heavy atom. The summed E-state index contributed by atoms with van der Waals surface area (Å²) in [6.45, 7) is 2.05. The summed E-state index contributed by atoms with van der Waals surface area (Å²) in [6, 6.07) is 8.05. The number of rotatable bonds is 2. The summed E-state index contributed by atoms with van der Waals surface area (Å²) in [7, 11) is 0. The van der Waals surface area contributed by atoms with Gasteiger partial charge in [-0.05, 0) is 36.8 Å². The van der Waals surface area contributed by atoms with Crippen LogP contribution in [0.4, 0.5) is 5.82 Å². The Bertz CT molecular complexity index is 685. The lowest BCUT2D eigenvalue weighted by Crippen LogP contribution is -1.86. The van der Waals surface area contributed by atoms with Gasteiger partial charge in [0.15, 0.2) is 5.82 Å². The van der Waals surface area contributed by atoms with Gasteiger partial charge in [-0.1, -0.05) is 0 Å². The molecule has 3 rings (SSSR count). The number of aryl methyl sites for hydroxylation is 1. The third-order valence-electron chi connectivity index (χ3n) is 2.58. The van der Waals surface area contributed by atoms with Crippen molar-refractivity contribution in [2.45, 2.75) is 6.92 Å². The first-order valence-electron chi connectivity index (χ1n) is 5.43. The largest absolute Gasteiger partial charge is 0.380 e. The number of nitrogens with two attached hydrogens (primary N) is 1. The van der Waals surface area contributed by atoms with Gasteiger partial charge in [-0.15, -0.1) is 16.4 Å². The standard InChI is InChI=1S/C12H11N5S/c1-7-4-5-14-8(6-7)9-2-3-10(18-9)11-12(13)16-17-15-11/h2-6H,1H3,(H3,13,15,16,17). The molecule has 3 aromatic heterocycles. The van der Waals surface area contributed by atoms with Gasteiger partial charge < -0.3 is 5.73 Å². The van der Waals surface area contributed by atoms with Gasteiger partial charge in [-0.25, -0.2) is 0 Å². The molecule has 0 fully saturated rings. The molecule has 6 heteroatoms. The van der Waals surface area contributed by atoms with Crippen molar-refractivity contribution in [1.82, 2.24) is 20.4 Å². The van der Waals surface area contributed by atoms with E-state index < -0.39 is 0 Å². The normalized spacial score (nSPS) is 10.7. The van der Waals surface area contributed by atoms with E-state index in [1.54, 1.807) is 11.3 Å². The second-order valence-electron chi connectivity index (χ2n) is 3.94. The average molecular weight is 257 g/mol. The summed E-state index contributed by atoms with van der Waals surface area (Å²) in [5.74, 6) is 0.417. The van der Waals surface area contributed by atoms with Gasteiger partial charge in [0.2, 0.25) is 0 Å². The minimum atomic E-state index is 0.417. The van der Waals surface area contributed by atoms with E-state index >= 15 is 0 Å². The molecule has 3 N–H and O–H groups in total. The molecule has 0 aliphatic heterocycles. The Kier molecular flexibility index (Phi) is 2.56. The van der Waals surface area contributed by atoms with Gasteiger partial charge in [0, 0.05) is 6.20 Å². The van der Waals surface area contributed by atoms with Crippen LogP contribution in [0.25, 0.3) is 21.1 Å². The number of H-pyrrole nitrogens is 1. The monoisotopic (exact) mass is 257 g/mol. The van der Waals surface area contributed by atoms with Crippen LogP contribution >= 0.6 is 11.3 Å². The number of pyridine rings is 1. The van der Waals surface area contributed by atoms with E-state index in [-0.39, 0.29) is 0 Å². The van der Waals surface area contributed by atoms with Crippen molar-refractivity contribution < 1.29 is 0 Å². The van der Waals surface area contributed by atoms with E-state index in [9.17, 15) is 0 Å². The average Bonchev–Trinajstić information content (AvgIpc) is 2.97. The first-order valence-corrected chi connectivity index (χ1v) is 6.25. The van der Waals surface area contributed by atoms with Crippen molar-refractivity contribution in [3.05, 3.63) is 36.0 Å². The van der Waals surface area contributed by atoms with Gasteiger partial charge >= 0.3 is 0 Å². The topological polar surface area (TPSA) is 80.5 Å². The minimum Gasteiger partial charge on any atom is -0.380 e. The zero-order valence-corrected chi connectivity index (χ0v) is 10.5. The lowest BCUT2D eigenvalue weighted by Gasteiger charge is -1.97. The molecule has 0 unspecified atom stereocenters. The molecule has 3 aromatic rings. The number of nitrogens with zero attached hydrogens (tertiary/aromatic N) is 3. The number of anilines is 1. The SMILES string of the molecule is Cc1ccnc(-c2ccc(-c3n[nH]nc3N)s2)c1. The zero-order chi connectivity index (χ0) is 12.5. The number of hydrogen-bond acceptors (Lipinski definition) is 5. The number of thiophene rings is 1. The number of nitrogen functional groups attached to an aromatic ring is 1. The van der Waals surface area contributed by atoms with E-state index in [2.05, 4.69) is 33.4 Å². The molecule has 0 aromatic carbocycles. The van der Waals surface area contributed by atoms with Gasteiger partial charge in [-0.2, -0.15) is 10.3 Å². The zero-order valence-electron chi connectivity index (χ0n) is 9.71. The molecule has 18 heavy (non-hydrogen) atoms. The molecule has 0 bridgehead atoms. The summed E-state index contributed by atoms with van der Waals surface area (Å²) in [5, 5.41) is 10.4. The number of hydrogen-bond donors (Lipinski definition) is 2. The molecule has 0 amide bonds. The van der Waals surface area contributed by atoms with E-state index in [4.69, 9.17) is 5.73 Å². The molecule has 5 nitrogen and oxygen atoms in total. The highest BCUT2D eigenvalue weighted by Crippen LogP contribution is 2.34. The summed E-state index contributed by atoms with van der Waals surface area (Å²) in [6.07, 6.45) is 1.81. The molecule has 0 spiro atoms. The smallest absolute Gasteiger partial charge is 0.174 e. The van der Waals surface area contributed by atoms with Crippen molar-refractivity contribution in [2.75, 3.05) is 5.73 Å². The van der Waals surface area contributed by atoms with Gasteiger partial charge in [0.05, 0.1) is 15.4 Å². The maximum absolute atomic E-state index is 5.73. The minimum absolute atomic E-state index is 0.417. The quantitative estimate of drug-likeness (QED) is 0.739. The van der Waals surface area contributed by atoms with Crippen LogP contribution < -0.4 is 5.73 Å². The lowest BCUT2D eigenvalue weighted by molar-refractivity contribution is 0.946. The molecule has 0 saturated heterocycles. The lowest BCUT2D eigenvalue weighted by atomic mass is 10.2. The Labute approximate surface area is 108 Å². The summed E-state index contributed by atoms with van der Waals surface area (Å²) in [5.41, 5.74) is 8.58. The maximum atomic E-state index is 5.73. The second kappa shape index (κ2) is 4.23. The van der Waals surface area contributed by atoms with E-state index in [1.165, 1.54) is 5.56 Å². The predicted molar refractivity (Wildman–Crippen MR) is 72.1 cm³/mol. The number of aromatic amines is 1. The highest BCUT2D eigenvalue weighted by Gasteiger charge is 2.11. The third kappa shape index (κ3) is 1.86. The third-order valence-corrected chi connectivity index (χ3v) is 3.70. The summed E-state index contributed by atoms with van der Waals surface area (Å²) < 4.78 is 0. The molecular weight excluding hydrogens is 246 g/mol. The Balaban J connectivity index is 2.02. The van der Waals surface area contributed by atoms with Crippen LogP contribution in [0.1, 0.15) is 5.56 Å². The molecule has 3 heterocycles. The predicted octanol–water partition coefficient (Wildman–Crippen LogP) is 2.49. The van der Waals surface area contributed by atoms with Crippen LogP contribution in [-0.2, 0) is 0 Å². The van der Waals surface area contributed by atoms with Crippen molar-refractivity contribution >= 4 is 17.2 Å². The molecule has 0 atom stereocenters. The Morgan fingerprint density at radius 3 is 2.72 bits per heavy atom. The molecular formula is C12H11N5S. The molecule has 0 radical (unpaired) electrons. The Morgan fingerprint density at radius 2 is 2.00 bits per heavy atom. The maximum Gasteiger partial charge on any atom is 0.174 e. The van der Waals surface area contributed by atoms with Crippen molar-refractivity contribution in [1.29, 1.82) is 0 Å². The van der Waals surface area contributed by atoms with Crippen LogP contribution in [0, 0.1) is 6.92 Å². The summed E-state index contributed by atoms with van der Waals surface area (Å²) >= 11 is 1.60. The Hall–Kier alpha value is -2.21. The first-order chi connectivity index (χ1) is 8.74. The highest BCUT2D eigenvalue weighted by atomic mass is 32.1. The van der Waals surface area contributed by atoms with Crippen LogP contribution in [0.3, 0.4) is 0 Å². The molecule has 0 aliphatic rings. The van der Waals surface area contributed by atoms with Crippen LogP contribution in [-0.4, -0.2) is 20.4 Å². The van der Waals surface area contributed by atoms with E-state index in [0.717, 1.165) is 15.4 Å². The van der Waals surface area contributed by atoms with Gasteiger partial charge in [-0.3, -0.25) is 4.98 Å². The van der Waals surface area contributed by atoms with E-state index in [0.29, 0.717) is 11.5 Å². The van der Waals surface area contributed by atoms with Gasteiger partial charge in [0.25, 0.3) is 0 Å². The van der Waals surface area contributed by atoms with Crippen molar-refractivity contribution in [3.63, 3.8) is 0 Å². The second-order valence-corrected chi connectivity index (χ2v) is 5.02. The fourth-order valence-electron chi connectivity index (χ4n) is 1.69. The van der Waals surface area contributed by atoms with E-state index in [1.807, 2.05) is 24.4 Å². The van der Waals surface area contributed by atoms with Crippen LogP contribution in [0.2, 0.25) is 0 Å². The molecule has 90 valence electrons. The fraction of sp³-hybridized carbons (Fsp3) is 0.0833. The molecule has 0 aliphatic carbocycles. The van der Waals surface area contributed by atoms with Gasteiger partial charge in [0.1, 0.15) is 5.69 Å². The highest BCUT2D eigenvalue weighted by molar-refractivity contribution is 7.18. The van der Waals surface area contributed by atoms with Crippen molar-refractivity contribution in [3.8, 4) is 21.1 Å². The van der Waals surface area contributed by atoms with Crippen LogP contribution in [0.15, 0.2) is 30.5 Å². The number of aromatic nitrogens is 4. The van der Waals surface area contributed by atoms with Crippen LogP contribution in [0.5, 0.6) is 0 Å². The molecule has 0 saturated carbocycles. The fourth-order valence-corrected chi connectivity index (χ4v) is 2.67. The first kappa shape index (κ1) is 10.9.